The quantitative estimate of drug-likeness (QED) is 0.102. The molecule has 3 aromatic carbocycles. The molecule has 5 unspecified atom stereocenters. The number of esters is 1. The minimum atomic E-state index is -1.83. The number of aliphatic hydroxyl groups excluding tert-OH is 1. The first kappa shape index (κ1) is 39.8. The van der Waals surface area contributed by atoms with Gasteiger partial charge in [0.2, 0.25) is 0 Å². The normalized spacial score (nSPS) is 17.6. The predicted molar refractivity (Wildman–Crippen MR) is 190 cm³/mol. The van der Waals surface area contributed by atoms with Crippen molar-refractivity contribution >= 4 is 35.1 Å². The van der Waals surface area contributed by atoms with E-state index in [1.165, 1.54) is 0 Å². The van der Waals surface area contributed by atoms with Gasteiger partial charge in [-0.1, -0.05) is 90.5 Å². The molecule has 12 nitrogen and oxygen atoms in total. The van der Waals surface area contributed by atoms with Gasteiger partial charge in [-0.25, -0.2) is 9.69 Å². The van der Waals surface area contributed by atoms with E-state index >= 15 is 0 Å². The van der Waals surface area contributed by atoms with Crippen LogP contribution in [0.3, 0.4) is 0 Å². The van der Waals surface area contributed by atoms with E-state index in [0.717, 1.165) is 36.1 Å². The van der Waals surface area contributed by atoms with Crippen molar-refractivity contribution in [3.8, 4) is 0 Å². The SMILES string of the molecule is COC(C(=O)N1C(=O)OC(c2ccccc2)C1C)C(OC(C)=O)C(=O)C=C(C(=O)CCCOCC(CO)OCc1ccccc1)c1cccc(C)c1. The number of imide groups is 1. The lowest BCUT2D eigenvalue weighted by Gasteiger charge is -2.27. The summed E-state index contributed by atoms with van der Waals surface area (Å²) in [4.78, 5) is 67.5. The third-order valence-electron chi connectivity index (χ3n) is 8.43. The molecule has 52 heavy (non-hydrogen) atoms. The topological polar surface area (TPSA) is 155 Å². The van der Waals surface area contributed by atoms with E-state index < -0.39 is 60.0 Å². The average molecular weight is 716 g/mol. The summed E-state index contributed by atoms with van der Waals surface area (Å²) in [5.74, 6) is -3.11. The molecule has 3 aromatic rings. The van der Waals surface area contributed by atoms with Gasteiger partial charge in [0.1, 0.15) is 12.2 Å². The molecule has 0 bridgehead atoms. The lowest BCUT2D eigenvalue weighted by molar-refractivity contribution is -0.166. The molecule has 1 aliphatic rings. The smallest absolute Gasteiger partial charge is 0.417 e. The van der Waals surface area contributed by atoms with E-state index in [-0.39, 0.29) is 38.2 Å². The van der Waals surface area contributed by atoms with Crippen LogP contribution in [0.15, 0.2) is 91.0 Å². The molecule has 0 radical (unpaired) electrons. The number of hydrogen-bond acceptors (Lipinski definition) is 11. The number of rotatable bonds is 19. The number of hydrogen-bond donors (Lipinski definition) is 1. The van der Waals surface area contributed by atoms with Crippen LogP contribution in [0.4, 0.5) is 4.79 Å². The third-order valence-corrected chi connectivity index (χ3v) is 8.43. The predicted octanol–water partition coefficient (Wildman–Crippen LogP) is 4.95. The Hall–Kier alpha value is -5.01. The summed E-state index contributed by atoms with van der Waals surface area (Å²) in [5.41, 5.74) is 2.93. The largest absolute Gasteiger partial charge is 0.451 e. The number of aliphatic hydroxyl groups is 1. The Morgan fingerprint density at radius 3 is 2.29 bits per heavy atom. The highest BCUT2D eigenvalue weighted by molar-refractivity contribution is 6.25. The highest BCUT2D eigenvalue weighted by atomic mass is 16.6. The van der Waals surface area contributed by atoms with Gasteiger partial charge in [0.25, 0.3) is 5.91 Å². The van der Waals surface area contributed by atoms with E-state index in [1.807, 2.05) is 43.3 Å². The number of carbonyl (C=O) groups excluding carboxylic acids is 5. The highest BCUT2D eigenvalue weighted by Crippen LogP contribution is 2.33. The van der Waals surface area contributed by atoms with Crippen molar-refractivity contribution in [3.63, 3.8) is 0 Å². The molecule has 1 aliphatic heterocycles. The van der Waals surface area contributed by atoms with Crippen molar-refractivity contribution in [2.45, 2.75) is 70.7 Å². The van der Waals surface area contributed by atoms with Crippen molar-refractivity contribution in [2.24, 2.45) is 0 Å². The Bertz CT molecular complexity index is 1710. The summed E-state index contributed by atoms with van der Waals surface area (Å²) in [6, 6.07) is 24.6. The van der Waals surface area contributed by atoms with Crippen LogP contribution < -0.4 is 0 Å². The van der Waals surface area contributed by atoms with Gasteiger partial charge in [-0.15, -0.1) is 0 Å². The Morgan fingerprint density at radius 1 is 0.962 bits per heavy atom. The summed E-state index contributed by atoms with van der Waals surface area (Å²) in [6.45, 7) is 4.88. The first-order valence-electron chi connectivity index (χ1n) is 17.0. The van der Waals surface area contributed by atoms with Crippen LogP contribution in [0.25, 0.3) is 5.57 Å². The van der Waals surface area contributed by atoms with Gasteiger partial charge in [0.05, 0.1) is 25.9 Å². The van der Waals surface area contributed by atoms with Gasteiger partial charge in [-0.05, 0) is 43.0 Å². The molecule has 1 N–H and O–H groups in total. The van der Waals surface area contributed by atoms with Crippen molar-refractivity contribution < 1.29 is 52.8 Å². The fourth-order valence-corrected chi connectivity index (χ4v) is 5.77. The second kappa shape index (κ2) is 19.6. The molecule has 1 fully saturated rings. The molecule has 5 atom stereocenters. The second-order valence-corrected chi connectivity index (χ2v) is 12.4. The Balaban J connectivity index is 1.48. The van der Waals surface area contributed by atoms with Crippen LogP contribution in [0.2, 0.25) is 0 Å². The fourth-order valence-electron chi connectivity index (χ4n) is 5.77. The minimum absolute atomic E-state index is 0.00933. The summed E-state index contributed by atoms with van der Waals surface area (Å²) in [7, 11) is 1.15. The van der Waals surface area contributed by atoms with Crippen LogP contribution in [-0.4, -0.2) is 90.8 Å². The van der Waals surface area contributed by atoms with Gasteiger partial charge in [-0.2, -0.15) is 0 Å². The summed E-state index contributed by atoms with van der Waals surface area (Å²) < 4.78 is 27.7. The number of amides is 2. The maximum Gasteiger partial charge on any atom is 0.417 e. The highest BCUT2D eigenvalue weighted by Gasteiger charge is 2.48. The molecule has 4 rings (SSSR count). The zero-order chi connectivity index (χ0) is 37.6. The first-order valence-corrected chi connectivity index (χ1v) is 17.0. The van der Waals surface area contributed by atoms with Gasteiger partial charge in [0, 0.05) is 32.6 Å². The molecule has 2 amide bonds. The number of ketones is 2. The Kier molecular flexibility index (Phi) is 15.0. The molecular weight excluding hydrogens is 670 g/mol. The number of ether oxygens (including phenoxy) is 5. The lowest BCUT2D eigenvalue weighted by atomic mass is 9.94. The van der Waals surface area contributed by atoms with Gasteiger partial charge in [-0.3, -0.25) is 19.2 Å². The molecule has 0 aliphatic carbocycles. The van der Waals surface area contributed by atoms with Crippen molar-refractivity contribution in [2.75, 3.05) is 26.9 Å². The number of allylic oxidation sites excluding steroid dienone is 1. The van der Waals surface area contributed by atoms with Gasteiger partial charge >= 0.3 is 12.1 Å². The number of aryl methyl sites for hydroxylation is 1. The third kappa shape index (κ3) is 10.8. The van der Waals surface area contributed by atoms with E-state index in [0.29, 0.717) is 17.7 Å². The monoisotopic (exact) mass is 715 g/mol. The van der Waals surface area contributed by atoms with Crippen LogP contribution >= 0.6 is 0 Å². The molecule has 1 saturated heterocycles. The van der Waals surface area contributed by atoms with Crippen LogP contribution in [-0.2, 0) is 49.5 Å². The zero-order valence-electron chi connectivity index (χ0n) is 29.8. The molecular formula is C40H45NO11. The molecule has 0 saturated carbocycles. The number of carbonyl (C=O) groups is 5. The van der Waals surface area contributed by atoms with Crippen LogP contribution in [0.1, 0.15) is 55.0 Å². The molecule has 1 heterocycles. The zero-order valence-corrected chi connectivity index (χ0v) is 29.8. The number of benzene rings is 3. The second-order valence-electron chi connectivity index (χ2n) is 12.4. The van der Waals surface area contributed by atoms with E-state index in [1.54, 1.807) is 55.5 Å². The molecule has 0 spiro atoms. The summed E-state index contributed by atoms with van der Waals surface area (Å²) in [6.07, 6.45) is -4.51. The van der Waals surface area contributed by atoms with Crippen molar-refractivity contribution in [1.82, 2.24) is 4.90 Å². The lowest BCUT2D eigenvalue weighted by Crippen LogP contribution is -2.52. The fraction of sp³-hybridized carbons (Fsp3) is 0.375. The molecule has 12 heteroatoms. The minimum Gasteiger partial charge on any atom is -0.451 e. The summed E-state index contributed by atoms with van der Waals surface area (Å²) in [5, 5.41) is 9.71. The summed E-state index contributed by atoms with van der Waals surface area (Å²) >= 11 is 0. The first-order chi connectivity index (χ1) is 25.0. The molecule has 0 aromatic heterocycles. The van der Waals surface area contributed by atoms with Crippen molar-refractivity contribution in [1.29, 1.82) is 0 Å². The molecule has 276 valence electrons. The number of Topliss-reactive ketones (excluding diaryl/α,β-unsaturated/α-hetero) is 1. The van der Waals surface area contributed by atoms with E-state index in [9.17, 15) is 29.1 Å². The van der Waals surface area contributed by atoms with E-state index in [4.69, 9.17) is 23.7 Å². The maximum atomic E-state index is 13.9. The number of nitrogens with zero attached hydrogens (tertiary/aromatic N) is 1. The van der Waals surface area contributed by atoms with Crippen molar-refractivity contribution in [3.05, 3.63) is 113 Å². The van der Waals surface area contributed by atoms with Crippen LogP contribution in [0, 0.1) is 6.92 Å². The van der Waals surface area contributed by atoms with Crippen LogP contribution in [0.5, 0.6) is 0 Å². The Labute approximate surface area is 303 Å². The number of methoxy groups -OCH3 is 1. The Morgan fingerprint density at radius 2 is 1.65 bits per heavy atom. The van der Waals surface area contributed by atoms with Gasteiger partial charge in [0.15, 0.2) is 23.8 Å². The maximum absolute atomic E-state index is 13.9. The average Bonchev–Trinajstić information content (AvgIpc) is 3.44. The van der Waals surface area contributed by atoms with Gasteiger partial charge < -0.3 is 28.8 Å². The standard InChI is InChI=1S/C40H45NO11/c1-26-13-11-18-31(21-26)33(34(44)19-12-20-49-25-32(23-42)50-24-29-14-7-5-8-15-29)22-35(45)37(51-28(3)43)38(48-4)39(46)41-27(2)36(52-40(41)47)30-16-9-6-10-17-30/h5-11,13-18,21-22,27,32,36-38,42H,12,19-20,23-25H2,1-4H3. The number of cyclic esters (lactones) is 1. The van der Waals surface area contributed by atoms with E-state index in [2.05, 4.69) is 0 Å².